The molecule has 6 nitrogen and oxygen atoms in total. The molecule has 0 radical (unpaired) electrons. The van der Waals surface area contributed by atoms with Crippen molar-refractivity contribution in [2.24, 2.45) is 0 Å². The maximum absolute atomic E-state index is 13.7. The number of fused-ring (bicyclic) bond motifs is 6. The number of hydrogen-bond acceptors (Lipinski definition) is 6. The zero-order valence-corrected chi connectivity index (χ0v) is 11.6. The summed E-state index contributed by atoms with van der Waals surface area (Å²) in [5.41, 5.74) is -2.25. The van der Waals surface area contributed by atoms with Gasteiger partial charge in [0.25, 0.3) is 23.8 Å². The standard InChI is InChI=1S/C13H3F5N6/c1-2-9(14)20-4-3(19-2)5-7(23-11(16)10(15)21-5)8-6(4)22-12(17)13(18)24-8/h1H3. The molecule has 120 valence electrons. The number of rotatable bonds is 0. The molecule has 0 atom stereocenters. The van der Waals surface area contributed by atoms with Crippen LogP contribution in [0.5, 0.6) is 0 Å². The molecule has 24 heavy (non-hydrogen) atoms. The second kappa shape index (κ2) is 4.69. The van der Waals surface area contributed by atoms with Gasteiger partial charge >= 0.3 is 0 Å². The highest BCUT2D eigenvalue weighted by Gasteiger charge is 2.22. The van der Waals surface area contributed by atoms with Gasteiger partial charge in [-0.3, -0.25) is 0 Å². The van der Waals surface area contributed by atoms with E-state index in [2.05, 4.69) is 29.9 Å². The molecule has 0 aliphatic heterocycles. The van der Waals surface area contributed by atoms with Crippen LogP contribution in [0, 0.1) is 36.7 Å². The molecule has 0 unspecified atom stereocenters. The summed E-state index contributed by atoms with van der Waals surface area (Å²) in [5.74, 6) is -7.26. The van der Waals surface area contributed by atoms with E-state index in [4.69, 9.17) is 0 Å². The molecule has 3 aromatic heterocycles. The number of halogens is 5. The molecule has 0 bridgehead atoms. The minimum Gasteiger partial charge on any atom is -0.244 e. The van der Waals surface area contributed by atoms with Crippen molar-refractivity contribution in [1.29, 1.82) is 0 Å². The van der Waals surface area contributed by atoms with Gasteiger partial charge in [-0.15, -0.1) is 0 Å². The quantitative estimate of drug-likeness (QED) is 0.362. The molecule has 0 aliphatic carbocycles. The minimum atomic E-state index is -1.59. The summed E-state index contributed by atoms with van der Waals surface area (Å²) in [5, 5.41) is 0. The number of aryl methyl sites for hydroxylation is 1. The van der Waals surface area contributed by atoms with Gasteiger partial charge in [0, 0.05) is 0 Å². The second-order valence-corrected chi connectivity index (χ2v) is 4.80. The summed E-state index contributed by atoms with van der Waals surface area (Å²) in [4.78, 5) is 20.7. The highest BCUT2D eigenvalue weighted by Crippen LogP contribution is 2.30. The molecule has 4 rings (SSSR count). The van der Waals surface area contributed by atoms with Gasteiger partial charge in [0.2, 0.25) is 5.95 Å². The Morgan fingerprint density at radius 2 is 0.667 bits per heavy atom. The van der Waals surface area contributed by atoms with E-state index in [-0.39, 0.29) is 22.2 Å². The SMILES string of the molecule is Cc1nc2c(nc1F)c1nc(F)c(F)nc1c1nc(F)c(F)nc21. The smallest absolute Gasteiger partial charge is 0.244 e. The molecule has 3 heterocycles. The normalized spacial score (nSPS) is 11.8. The molecule has 0 N–H and O–H groups in total. The van der Waals surface area contributed by atoms with Crippen molar-refractivity contribution >= 4 is 33.1 Å². The van der Waals surface area contributed by atoms with Crippen molar-refractivity contribution in [2.75, 3.05) is 0 Å². The van der Waals surface area contributed by atoms with Gasteiger partial charge in [-0.05, 0) is 6.92 Å². The Bertz CT molecular complexity index is 911. The lowest BCUT2D eigenvalue weighted by atomic mass is 10.2. The van der Waals surface area contributed by atoms with Gasteiger partial charge in [0.1, 0.15) is 33.1 Å². The van der Waals surface area contributed by atoms with Crippen molar-refractivity contribution in [3.05, 3.63) is 35.4 Å². The predicted molar refractivity (Wildman–Crippen MR) is 70.3 cm³/mol. The fourth-order valence-electron chi connectivity index (χ4n) is 2.28. The van der Waals surface area contributed by atoms with E-state index in [1.807, 2.05) is 0 Å². The topological polar surface area (TPSA) is 77.3 Å². The van der Waals surface area contributed by atoms with Crippen LogP contribution in [0.4, 0.5) is 22.0 Å². The van der Waals surface area contributed by atoms with Crippen LogP contribution in [0.3, 0.4) is 0 Å². The van der Waals surface area contributed by atoms with Crippen LogP contribution in [0.2, 0.25) is 0 Å². The predicted octanol–water partition coefficient (Wildman–Crippen LogP) is 2.52. The van der Waals surface area contributed by atoms with Crippen LogP contribution in [0.25, 0.3) is 33.1 Å². The zero-order valence-electron chi connectivity index (χ0n) is 11.6. The van der Waals surface area contributed by atoms with Crippen LogP contribution in [-0.4, -0.2) is 29.9 Å². The highest BCUT2D eigenvalue weighted by molar-refractivity contribution is 6.17. The van der Waals surface area contributed by atoms with Crippen molar-refractivity contribution in [3.8, 4) is 0 Å². The monoisotopic (exact) mass is 338 g/mol. The molecule has 0 amide bonds. The number of hydrogen-bond donors (Lipinski definition) is 0. The molecule has 1 aromatic carbocycles. The molecule has 0 spiro atoms. The summed E-state index contributed by atoms with van der Waals surface area (Å²) < 4.78 is 67.5. The van der Waals surface area contributed by atoms with E-state index >= 15 is 0 Å². The van der Waals surface area contributed by atoms with Crippen LogP contribution in [-0.2, 0) is 0 Å². The van der Waals surface area contributed by atoms with Gasteiger partial charge in [-0.1, -0.05) is 0 Å². The first-order valence-electron chi connectivity index (χ1n) is 6.38. The largest absolute Gasteiger partial charge is 0.269 e. The maximum Gasteiger partial charge on any atom is 0.269 e. The van der Waals surface area contributed by atoms with E-state index in [0.29, 0.717) is 0 Å². The lowest BCUT2D eigenvalue weighted by molar-refractivity contribution is 0.457. The van der Waals surface area contributed by atoms with Crippen LogP contribution < -0.4 is 0 Å². The summed E-state index contributed by atoms with van der Waals surface area (Å²) in [6.07, 6.45) is 0. The fraction of sp³-hybridized carbons (Fsp3) is 0.0769. The van der Waals surface area contributed by atoms with Crippen molar-refractivity contribution < 1.29 is 22.0 Å². The molecule has 0 saturated heterocycles. The lowest BCUT2D eigenvalue weighted by Crippen LogP contribution is -2.05. The highest BCUT2D eigenvalue weighted by atomic mass is 19.2. The Balaban J connectivity index is 2.40. The van der Waals surface area contributed by atoms with Crippen LogP contribution in [0.1, 0.15) is 5.69 Å². The van der Waals surface area contributed by atoms with Gasteiger partial charge in [0.05, 0.1) is 5.69 Å². The zero-order chi connectivity index (χ0) is 17.2. The van der Waals surface area contributed by atoms with E-state index in [1.165, 1.54) is 6.92 Å². The van der Waals surface area contributed by atoms with Crippen LogP contribution in [0.15, 0.2) is 0 Å². The number of aromatic nitrogens is 6. The molecule has 11 heteroatoms. The Kier molecular flexibility index (Phi) is 2.83. The van der Waals surface area contributed by atoms with E-state index in [0.717, 1.165) is 0 Å². The van der Waals surface area contributed by atoms with E-state index in [9.17, 15) is 22.0 Å². The third-order valence-electron chi connectivity index (χ3n) is 3.31. The van der Waals surface area contributed by atoms with E-state index < -0.39 is 46.3 Å². The summed E-state index contributed by atoms with van der Waals surface area (Å²) in [6.45, 7) is 1.28. The van der Waals surface area contributed by atoms with E-state index in [1.54, 1.807) is 0 Å². The lowest BCUT2D eigenvalue weighted by Gasteiger charge is -2.08. The Morgan fingerprint density at radius 1 is 0.417 bits per heavy atom. The maximum atomic E-state index is 13.7. The Hall–Kier alpha value is -3.11. The molecule has 0 aliphatic rings. The van der Waals surface area contributed by atoms with Crippen LogP contribution >= 0.6 is 0 Å². The fourth-order valence-corrected chi connectivity index (χ4v) is 2.28. The Labute approximate surface area is 128 Å². The molecule has 4 aromatic rings. The number of benzene rings is 1. The average molecular weight is 338 g/mol. The molecule has 0 saturated carbocycles. The minimum absolute atomic E-state index is 0.162. The summed E-state index contributed by atoms with van der Waals surface area (Å²) in [7, 11) is 0. The van der Waals surface area contributed by atoms with Gasteiger partial charge < -0.3 is 0 Å². The first-order chi connectivity index (χ1) is 11.4. The molecular formula is C13H3F5N6. The van der Waals surface area contributed by atoms with Crippen molar-refractivity contribution in [3.63, 3.8) is 0 Å². The van der Waals surface area contributed by atoms with Gasteiger partial charge in [-0.2, -0.15) is 22.0 Å². The van der Waals surface area contributed by atoms with Gasteiger partial charge in [0.15, 0.2) is 0 Å². The third-order valence-corrected chi connectivity index (χ3v) is 3.31. The molecule has 0 fully saturated rings. The summed E-state index contributed by atoms with van der Waals surface area (Å²) >= 11 is 0. The summed E-state index contributed by atoms with van der Waals surface area (Å²) in [6, 6.07) is 0. The Morgan fingerprint density at radius 3 is 1.00 bits per heavy atom. The first kappa shape index (κ1) is 14.5. The first-order valence-corrected chi connectivity index (χ1v) is 6.38. The molecular weight excluding hydrogens is 335 g/mol. The average Bonchev–Trinajstić information content (AvgIpc) is 2.53. The van der Waals surface area contributed by atoms with Crippen molar-refractivity contribution in [2.45, 2.75) is 6.92 Å². The second-order valence-electron chi connectivity index (χ2n) is 4.80. The third kappa shape index (κ3) is 1.87. The van der Waals surface area contributed by atoms with Crippen molar-refractivity contribution in [1.82, 2.24) is 29.9 Å². The number of nitrogens with zero attached hydrogens (tertiary/aromatic N) is 6. The van der Waals surface area contributed by atoms with Gasteiger partial charge in [-0.25, -0.2) is 29.9 Å².